The van der Waals surface area contributed by atoms with Crippen molar-refractivity contribution in [2.24, 2.45) is 0 Å². The lowest BCUT2D eigenvalue weighted by atomic mass is 10.1. The van der Waals surface area contributed by atoms with Crippen LogP contribution in [0.5, 0.6) is 23.0 Å². The van der Waals surface area contributed by atoms with E-state index in [4.69, 9.17) is 35.3 Å². The highest BCUT2D eigenvalue weighted by molar-refractivity contribution is 6.30. The minimum atomic E-state index is -0.725. The van der Waals surface area contributed by atoms with Gasteiger partial charge >= 0.3 is 11.9 Å². The van der Waals surface area contributed by atoms with Crippen molar-refractivity contribution in [1.82, 2.24) is 0 Å². The topological polar surface area (TPSA) is 104 Å². The number of benzene rings is 3. The highest BCUT2D eigenvalue weighted by Gasteiger charge is 2.13. The fourth-order valence-electron chi connectivity index (χ4n) is 3.33. The van der Waals surface area contributed by atoms with Crippen molar-refractivity contribution < 1.29 is 33.3 Å². The van der Waals surface area contributed by atoms with Crippen molar-refractivity contribution in [3.05, 3.63) is 94.0 Å². The van der Waals surface area contributed by atoms with Crippen LogP contribution < -0.4 is 18.9 Å². The molecule has 9 heteroatoms. The second-order valence-corrected chi connectivity index (χ2v) is 8.32. The lowest BCUT2D eigenvalue weighted by Gasteiger charge is -2.11. The van der Waals surface area contributed by atoms with Crippen molar-refractivity contribution in [1.29, 1.82) is 5.26 Å². The number of esters is 2. The first kappa shape index (κ1) is 28.8. The Morgan fingerprint density at radius 2 is 1.54 bits per heavy atom. The van der Waals surface area contributed by atoms with Gasteiger partial charge in [-0.05, 0) is 72.2 Å². The van der Waals surface area contributed by atoms with E-state index in [0.717, 1.165) is 5.56 Å². The Morgan fingerprint density at radius 3 is 2.21 bits per heavy atom. The van der Waals surface area contributed by atoms with Gasteiger partial charge in [-0.25, -0.2) is 9.59 Å². The van der Waals surface area contributed by atoms with Crippen LogP contribution in [0.15, 0.2) is 72.3 Å². The number of carbonyl (C=O) groups is 2. The molecule has 0 heterocycles. The van der Waals surface area contributed by atoms with Gasteiger partial charge in [0.25, 0.3) is 0 Å². The first-order valence-electron chi connectivity index (χ1n) is 11.8. The lowest BCUT2D eigenvalue weighted by molar-refractivity contribution is -0.138. The van der Waals surface area contributed by atoms with E-state index in [1.165, 1.54) is 38.5 Å². The quantitative estimate of drug-likeness (QED) is 0.124. The Balaban J connectivity index is 1.67. The van der Waals surface area contributed by atoms with E-state index in [1.54, 1.807) is 49.4 Å². The molecule has 3 aromatic rings. The highest BCUT2D eigenvalue weighted by atomic mass is 35.5. The molecule has 39 heavy (non-hydrogen) atoms. The van der Waals surface area contributed by atoms with Gasteiger partial charge in [-0.3, -0.25) is 0 Å². The number of ether oxygens (including phenoxy) is 5. The van der Waals surface area contributed by atoms with Crippen LogP contribution in [0.25, 0.3) is 12.2 Å². The summed E-state index contributed by atoms with van der Waals surface area (Å²) in [4.78, 5) is 24.3. The molecular formula is C30H26ClNO7. The predicted octanol–water partition coefficient (Wildman–Crippen LogP) is 6.03. The third-order valence-corrected chi connectivity index (χ3v) is 5.48. The lowest BCUT2D eigenvalue weighted by Crippen LogP contribution is -2.06. The van der Waals surface area contributed by atoms with Crippen LogP contribution in [0.2, 0.25) is 5.02 Å². The van der Waals surface area contributed by atoms with E-state index < -0.39 is 11.9 Å². The van der Waals surface area contributed by atoms with Gasteiger partial charge in [0.15, 0.2) is 23.0 Å². The molecule has 0 aromatic heterocycles. The van der Waals surface area contributed by atoms with Gasteiger partial charge in [-0.1, -0.05) is 35.9 Å². The van der Waals surface area contributed by atoms with Crippen molar-refractivity contribution >= 4 is 35.7 Å². The Bertz CT molecular complexity index is 1420. The van der Waals surface area contributed by atoms with E-state index in [9.17, 15) is 14.9 Å². The summed E-state index contributed by atoms with van der Waals surface area (Å²) in [6.07, 6.45) is 4.21. The molecule has 0 aliphatic carbocycles. The summed E-state index contributed by atoms with van der Waals surface area (Å²) in [5.74, 6) is 0.108. The molecule has 0 aliphatic rings. The third-order valence-electron chi connectivity index (χ3n) is 5.23. The number of hydrogen-bond acceptors (Lipinski definition) is 8. The summed E-state index contributed by atoms with van der Waals surface area (Å²) in [6, 6.07) is 19.0. The van der Waals surface area contributed by atoms with Gasteiger partial charge in [-0.2, -0.15) is 5.26 Å². The third kappa shape index (κ3) is 8.38. The molecule has 0 N–H and O–H groups in total. The van der Waals surface area contributed by atoms with E-state index in [1.807, 2.05) is 18.2 Å². The molecule has 0 atom stereocenters. The van der Waals surface area contributed by atoms with Gasteiger partial charge in [0, 0.05) is 11.1 Å². The van der Waals surface area contributed by atoms with Crippen LogP contribution in [-0.4, -0.2) is 32.8 Å². The minimum Gasteiger partial charge on any atom is -0.493 e. The molecule has 0 aliphatic heterocycles. The fourth-order valence-corrected chi connectivity index (χ4v) is 3.45. The maximum atomic E-state index is 12.5. The standard InChI is InChI=1S/C30H26ClNO7/c1-4-37-30(34)23(18-32)15-22-8-13-26(28(17-22)36-3)39-29(33)14-9-20-7-12-25(27(16-20)35-2)38-19-21-5-10-24(31)11-6-21/h5-17H,4,19H2,1-3H3/b14-9+,23-15+. The number of carbonyl (C=O) groups excluding carboxylic acids is 2. The maximum absolute atomic E-state index is 12.5. The molecule has 0 saturated carbocycles. The number of nitrogens with zero attached hydrogens (tertiary/aromatic N) is 1. The number of rotatable bonds is 11. The first-order chi connectivity index (χ1) is 18.9. The minimum absolute atomic E-state index is 0.151. The van der Waals surface area contributed by atoms with Crippen LogP contribution >= 0.6 is 11.6 Å². The number of nitriles is 1. The fraction of sp³-hybridized carbons (Fsp3) is 0.167. The molecule has 0 bridgehead atoms. The highest BCUT2D eigenvalue weighted by Crippen LogP contribution is 2.31. The summed E-state index contributed by atoms with van der Waals surface area (Å²) < 4.78 is 26.9. The van der Waals surface area contributed by atoms with Crippen LogP contribution in [0.4, 0.5) is 0 Å². The van der Waals surface area contributed by atoms with Gasteiger partial charge < -0.3 is 23.7 Å². The Labute approximate surface area is 231 Å². The van der Waals surface area contributed by atoms with Crippen LogP contribution in [-0.2, 0) is 20.9 Å². The Kier molecular flexibility index (Phi) is 10.5. The van der Waals surface area contributed by atoms with Crippen LogP contribution in [0.1, 0.15) is 23.6 Å². The van der Waals surface area contributed by atoms with Gasteiger partial charge in [0.2, 0.25) is 0 Å². The number of halogens is 1. The Hall–Kier alpha value is -4.74. The predicted molar refractivity (Wildman–Crippen MR) is 147 cm³/mol. The summed E-state index contributed by atoms with van der Waals surface area (Å²) in [7, 11) is 2.94. The Morgan fingerprint density at radius 1 is 0.897 bits per heavy atom. The molecule has 8 nitrogen and oxygen atoms in total. The molecule has 0 amide bonds. The monoisotopic (exact) mass is 547 g/mol. The van der Waals surface area contributed by atoms with Crippen molar-refractivity contribution in [2.75, 3.05) is 20.8 Å². The molecule has 0 radical (unpaired) electrons. The summed E-state index contributed by atoms with van der Waals surface area (Å²) in [5.41, 5.74) is 1.98. The SMILES string of the molecule is CCOC(=O)/C(C#N)=C/c1ccc(OC(=O)/C=C/c2ccc(OCc3ccc(Cl)cc3)c(OC)c2)c(OC)c1. The van der Waals surface area contributed by atoms with Gasteiger partial charge in [0.1, 0.15) is 18.2 Å². The largest absolute Gasteiger partial charge is 0.493 e. The van der Waals surface area contributed by atoms with E-state index in [0.29, 0.717) is 34.3 Å². The zero-order valence-electron chi connectivity index (χ0n) is 21.6. The molecule has 200 valence electrons. The second kappa shape index (κ2) is 14.3. The van der Waals surface area contributed by atoms with Gasteiger partial charge in [0.05, 0.1) is 20.8 Å². The molecule has 0 spiro atoms. The molecule has 3 aromatic carbocycles. The van der Waals surface area contributed by atoms with E-state index in [2.05, 4.69) is 0 Å². The molecule has 3 rings (SSSR count). The molecule has 0 unspecified atom stereocenters. The number of hydrogen-bond donors (Lipinski definition) is 0. The van der Waals surface area contributed by atoms with Crippen LogP contribution in [0, 0.1) is 11.3 Å². The zero-order valence-corrected chi connectivity index (χ0v) is 22.4. The normalized spacial score (nSPS) is 11.0. The van der Waals surface area contributed by atoms with Crippen molar-refractivity contribution in [3.63, 3.8) is 0 Å². The zero-order chi connectivity index (χ0) is 28.2. The average molecular weight is 548 g/mol. The molecular weight excluding hydrogens is 522 g/mol. The average Bonchev–Trinajstić information content (AvgIpc) is 2.95. The molecule has 0 saturated heterocycles. The van der Waals surface area contributed by atoms with E-state index >= 15 is 0 Å². The van der Waals surface area contributed by atoms with Crippen LogP contribution in [0.3, 0.4) is 0 Å². The summed E-state index contributed by atoms with van der Waals surface area (Å²) >= 11 is 5.92. The molecule has 0 fully saturated rings. The maximum Gasteiger partial charge on any atom is 0.348 e. The van der Waals surface area contributed by atoms with Crippen molar-refractivity contribution in [2.45, 2.75) is 13.5 Å². The first-order valence-corrected chi connectivity index (χ1v) is 12.2. The smallest absolute Gasteiger partial charge is 0.348 e. The van der Waals surface area contributed by atoms with Gasteiger partial charge in [-0.15, -0.1) is 0 Å². The summed E-state index contributed by atoms with van der Waals surface area (Å²) in [5, 5.41) is 9.87. The number of methoxy groups -OCH3 is 2. The summed E-state index contributed by atoms with van der Waals surface area (Å²) in [6.45, 7) is 2.14. The second-order valence-electron chi connectivity index (χ2n) is 7.88. The van der Waals surface area contributed by atoms with E-state index in [-0.39, 0.29) is 23.7 Å². The van der Waals surface area contributed by atoms with Crippen molar-refractivity contribution in [3.8, 4) is 29.1 Å².